The molecule has 0 bridgehead atoms. The Bertz CT molecular complexity index is 875. The van der Waals surface area contributed by atoms with E-state index >= 15 is 0 Å². The van der Waals surface area contributed by atoms with Crippen molar-refractivity contribution in [2.45, 2.75) is 24.3 Å². The van der Waals surface area contributed by atoms with Crippen molar-refractivity contribution in [2.75, 3.05) is 20.5 Å². The van der Waals surface area contributed by atoms with Crippen LogP contribution >= 0.6 is 0 Å². The number of nitrogens with one attached hydrogen (secondary N) is 1. The zero-order valence-electron chi connectivity index (χ0n) is 15.3. The summed E-state index contributed by atoms with van der Waals surface area (Å²) in [6.45, 7) is 1.95. The molecule has 26 heavy (non-hydrogen) atoms. The summed E-state index contributed by atoms with van der Waals surface area (Å²) in [6, 6.07) is 11.3. The maximum Gasteiger partial charge on any atom is 0.251 e. The first-order chi connectivity index (χ1) is 12.3. The summed E-state index contributed by atoms with van der Waals surface area (Å²) in [6.07, 6.45) is 1.83. The van der Waals surface area contributed by atoms with Gasteiger partial charge in [-0.15, -0.1) is 0 Å². The van der Waals surface area contributed by atoms with Crippen LogP contribution in [0, 0.1) is 0 Å². The van der Waals surface area contributed by atoms with E-state index in [2.05, 4.69) is 5.32 Å². The van der Waals surface area contributed by atoms with E-state index in [1.165, 1.54) is 14.2 Å². The number of rotatable bonds is 7. The summed E-state index contributed by atoms with van der Waals surface area (Å²) in [5.41, 5.74) is 1.29. The minimum Gasteiger partial charge on any atom is -0.493 e. The molecule has 0 unspecified atom stereocenters. The molecule has 0 aliphatic rings. The molecule has 140 valence electrons. The van der Waals surface area contributed by atoms with Crippen molar-refractivity contribution in [3.63, 3.8) is 0 Å². The third kappa shape index (κ3) is 4.54. The van der Waals surface area contributed by atoms with Crippen LogP contribution in [-0.4, -0.2) is 34.8 Å². The van der Waals surface area contributed by atoms with Crippen LogP contribution in [0.3, 0.4) is 0 Å². The molecule has 2 rings (SSSR count). The van der Waals surface area contributed by atoms with Gasteiger partial charge >= 0.3 is 0 Å². The van der Waals surface area contributed by atoms with Gasteiger partial charge in [0.2, 0.25) is 0 Å². The number of sulfone groups is 1. The molecule has 1 atom stereocenters. The van der Waals surface area contributed by atoms with Gasteiger partial charge in [-0.1, -0.05) is 19.1 Å². The lowest BCUT2D eigenvalue weighted by molar-refractivity contribution is 0.0935. The van der Waals surface area contributed by atoms with Gasteiger partial charge in [0.05, 0.1) is 25.2 Å². The van der Waals surface area contributed by atoms with Crippen molar-refractivity contribution in [2.24, 2.45) is 0 Å². The maximum atomic E-state index is 12.6. The molecule has 6 nitrogen and oxygen atoms in total. The highest BCUT2D eigenvalue weighted by Crippen LogP contribution is 2.28. The first-order valence-electron chi connectivity index (χ1n) is 8.13. The normalized spacial score (nSPS) is 12.3. The Kier molecular flexibility index (Phi) is 6.26. The van der Waals surface area contributed by atoms with E-state index in [0.717, 1.165) is 11.8 Å². The molecule has 2 aromatic rings. The number of hydrogen-bond donors (Lipinski definition) is 1. The van der Waals surface area contributed by atoms with E-state index in [1.807, 2.05) is 6.92 Å². The average molecular weight is 377 g/mol. The van der Waals surface area contributed by atoms with Gasteiger partial charge in [0, 0.05) is 11.8 Å². The highest BCUT2D eigenvalue weighted by Gasteiger charge is 2.17. The second-order valence-electron chi connectivity index (χ2n) is 5.85. The highest BCUT2D eigenvalue weighted by atomic mass is 32.2. The van der Waals surface area contributed by atoms with Crippen LogP contribution in [0.4, 0.5) is 0 Å². The van der Waals surface area contributed by atoms with Crippen LogP contribution < -0.4 is 14.8 Å². The minimum absolute atomic E-state index is 0.232. The molecule has 1 N–H and O–H groups in total. The fourth-order valence-corrected chi connectivity index (χ4v) is 3.22. The number of hydrogen-bond acceptors (Lipinski definition) is 5. The molecule has 1 amide bonds. The summed E-state index contributed by atoms with van der Waals surface area (Å²) in [7, 11) is -0.201. The average Bonchev–Trinajstić information content (AvgIpc) is 2.64. The van der Waals surface area contributed by atoms with Gasteiger partial charge in [0.25, 0.3) is 5.91 Å². The van der Waals surface area contributed by atoms with Crippen LogP contribution in [0.2, 0.25) is 0 Å². The summed E-state index contributed by atoms with van der Waals surface area (Å²) >= 11 is 0. The molecule has 0 aromatic heterocycles. The highest BCUT2D eigenvalue weighted by molar-refractivity contribution is 7.90. The van der Waals surface area contributed by atoms with Crippen LogP contribution in [0.1, 0.15) is 35.3 Å². The fraction of sp³-hybridized carbons (Fsp3) is 0.316. The Morgan fingerprint density at radius 2 is 1.65 bits per heavy atom. The van der Waals surface area contributed by atoms with Crippen molar-refractivity contribution >= 4 is 15.7 Å². The number of amides is 1. The lowest BCUT2D eigenvalue weighted by Gasteiger charge is -2.18. The largest absolute Gasteiger partial charge is 0.493 e. The predicted octanol–water partition coefficient (Wildman–Crippen LogP) is 2.99. The Labute approximate surface area is 154 Å². The molecular weight excluding hydrogens is 354 g/mol. The number of carbonyl (C=O) groups is 1. The molecule has 0 aliphatic carbocycles. The number of methoxy groups -OCH3 is 2. The Morgan fingerprint density at radius 1 is 1.04 bits per heavy atom. The van der Waals surface area contributed by atoms with Gasteiger partial charge in [0.15, 0.2) is 21.3 Å². The summed E-state index contributed by atoms with van der Waals surface area (Å²) < 4.78 is 33.5. The smallest absolute Gasteiger partial charge is 0.251 e. The first kappa shape index (κ1) is 19.8. The van der Waals surface area contributed by atoms with E-state index < -0.39 is 9.84 Å². The van der Waals surface area contributed by atoms with Gasteiger partial charge in [-0.05, 0) is 42.3 Å². The number of benzene rings is 2. The monoisotopic (exact) mass is 377 g/mol. The second-order valence-corrected chi connectivity index (χ2v) is 7.86. The third-order valence-corrected chi connectivity index (χ3v) is 5.20. The summed E-state index contributed by atoms with van der Waals surface area (Å²) in [4.78, 5) is 12.8. The molecule has 2 aromatic carbocycles. The van der Waals surface area contributed by atoms with Gasteiger partial charge in [-0.2, -0.15) is 0 Å². The zero-order chi connectivity index (χ0) is 19.3. The molecule has 0 heterocycles. The molecule has 7 heteroatoms. The first-order valence-corrected chi connectivity index (χ1v) is 10.0. The molecule has 0 saturated heterocycles. The van der Waals surface area contributed by atoms with Crippen LogP contribution in [0.15, 0.2) is 47.4 Å². The van der Waals surface area contributed by atoms with E-state index in [4.69, 9.17) is 9.47 Å². The SMILES string of the molecule is CC[C@@H](NC(=O)c1ccc(OC)c(OC)c1)c1ccc(S(C)(=O)=O)cc1. The third-order valence-electron chi connectivity index (χ3n) is 4.07. The van der Waals surface area contributed by atoms with Crippen molar-refractivity contribution in [3.8, 4) is 11.5 Å². The topological polar surface area (TPSA) is 81.7 Å². The van der Waals surface area contributed by atoms with Crippen molar-refractivity contribution in [1.29, 1.82) is 0 Å². The Balaban J connectivity index is 2.20. The molecule has 0 saturated carbocycles. The second kappa shape index (κ2) is 8.23. The van der Waals surface area contributed by atoms with Crippen LogP contribution in [-0.2, 0) is 9.84 Å². The van der Waals surface area contributed by atoms with Gasteiger partial charge in [-0.3, -0.25) is 4.79 Å². The van der Waals surface area contributed by atoms with Crippen molar-refractivity contribution in [1.82, 2.24) is 5.32 Å². The summed E-state index contributed by atoms with van der Waals surface area (Å²) in [5, 5.41) is 2.96. The van der Waals surface area contributed by atoms with Gasteiger partial charge < -0.3 is 14.8 Å². The molecule has 0 aliphatic heterocycles. The molecular formula is C19H23NO5S. The zero-order valence-corrected chi connectivity index (χ0v) is 16.1. The summed E-state index contributed by atoms with van der Waals surface area (Å²) in [5.74, 6) is 0.781. The number of carbonyl (C=O) groups excluding carboxylic acids is 1. The minimum atomic E-state index is -3.25. The lowest BCUT2D eigenvalue weighted by atomic mass is 10.0. The predicted molar refractivity (Wildman–Crippen MR) is 99.6 cm³/mol. The van der Waals surface area contributed by atoms with E-state index in [0.29, 0.717) is 23.5 Å². The van der Waals surface area contributed by atoms with Crippen LogP contribution in [0.25, 0.3) is 0 Å². The molecule has 0 radical (unpaired) electrons. The fourth-order valence-electron chi connectivity index (χ4n) is 2.59. The standard InChI is InChI=1S/C19H23NO5S/c1-5-16(13-6-9-15(10-7-13)26(4,22)23)20-19(21)14-8-11-17(24-2)18(12-14)25-3/h6-12,16H,5H2,1-4H3,(H,20,21)/t16-/m1/s1. The quantitative estimate of drug-likeness (QED) is 0.802. The maximum absolute atomic E-state index is 12.6. The van der Waals surface area contributed by atoms with Gasteiger partial charge in [-0.25, -0.2) is 8.42 Å². The van der Waals surface area contributed by atoms with Gasteiger partial charge in [0.1, 0.15) is 0 Å². The Hall–Kier alpha value is -2.54. The van der Waals surface area contributed by atoms with E-state index in [1.54, 1.807) is 42.5 Å². The van der Waals surface area contributed by atoms with Crippen LogP contribution in [0.5, 0.6) is 11.5 Å². The Morgan fingerprint density at radius 3 is 2.15 bits per heavy atom. The van der Waals surface area contributed by atoms with E-state index in [9.17, 15) is 13.2 Å². The van der Waals surface area contributed by atoms with Crippen molar-refractivity contribution in [3.05, 3.63) is 53.6 Å². The van der Waals surface area contributed by atoms with Crippen molar-refractivity contribution < 1.29 is 22.7 Å². The molecule has 0 spiro atoms. The lowest BCUT2D eigenvalue weighted by Crippen LogP contribution is -2.28. The molecule has 0 fully saturated rings. The number of ether oxygens (including phenoxy) is 2. The van der Waals surface area contributed by atoms with E-state index in [-0.39, 0.29) is 16.8 Å².